The smallest absolute Gasteiger partial charge is 0.230 e. The van der Waals surface area contributed by atoms with E-state index in [1.54, 1.807) is 0 Å². The molecule has 0 bridgehead atoms. The van der Waals surface area contributed by atoms with E-state index in [0.29, 0.717) is 5.95 Å². The third-order valence-electron chi connectivity index (χ3n) is 3.22. The number of hydrogen-bond acceptors (Lipinski definition) is 5. The van der Waals surface area contributed by atoms with Crippen molar-refractivity contribution in [2.45, 2.75) is 12.8 Å². The van der Waals surface area contributed by atoms with Crippen LogP contribution in [0.5, 0.6) is 0 Å². The molecule has 1 aliphatic heterocycles. The van der Waals surface area contributed by atoms with Gasteiger partial charge in [0.25, 0.3) is 0 Å². The number of aromatic nitrogens is 3. The number of nitrogens with two attached hydrogens (primary N) is 1. The average molecular weight is 277 g/mol. The highest BCUT2D eigenvalue weighted by molar-refractivity contribution is 5.59. The molecule has 0 radical (unpaired) electrons. The van der Waals surface area contributed by atoms with Crippen molar-refractivity contribution in [2.75, 3.05) is 23.7 Å². The lowest BCUT2D eigenvalue weighted by Gasteiger charge is -2.16. The quantitative estimate of drug-likeness (QED) is 0.909. The second-order valence-electron chi connectivity index (χ2n) is 4.61. The summed E-state index contributed by atoms with van der Waals surface area (Å²) in [6.45, 7) is 1.62. The van der Waals surface area contributed by atoms with Crippen LogP contribution in [0.2, 0.25) is 0 Å². The Morgan fingerprint density at radius 2 is 1.65 bits per heavy atom. The number of benzene rings is 1. The van der Waals surface area contributed by atoms with Gasteiger partial charge >= 0.3 is 0 Å². The zero-order valence-corrected chi connectivity index (χ0v) is 10.7. The zero-order chi connectivity index (χ0) is 14.1. The van der Waals surface area contributed by atoms with Gasteiger partial charge in [-0.2, -0.15) is 15.0 Å². The molecule has 3 rings (SSSR count). The van der Waals surface area contributed by atoms with Crippen LogP contribution in [0.15, 0.2) is 18.2 Å². The molecule has 0 saturated carbocycles. The van der Waals surface area contributed by atoms with Gasteiger partial charge in [-0.05, 0) is 25.0 Å². The largest absolute Gasteiger partial charge is 0.368 e. The van der Waals surface area contributed by atoms with E-state index in [9.17, 15) is 8.78 Å². The van der Waals surface area contributed by atoms with Crippen molar-refractivity contribution >= 4 is 11.9 Å². The summed E-state index contributed by atoms with van der Waals surface area (Å²) in [6.07, 6.45) is 2.07. The summed E-state index contributed by atoms with van der Waals surface area (Å²) in [6, 6.07) is 3.61. The van der Waals surface area contributed by atoms with Crippen LogP contribution in [0.3, 0.4) is 0 Å². The third kappa shape index (κ3) is 2.26. The Morgan fingerprint density at radius 1 is 1.00 bits per heavy atom. The Kier molecular flexibility index (Phi) is 3.17. The molecule has 0 atom stereocenters. The van der Waals surface area contributed by atoms with Crippen molar-refractivity contribution in [3.8, 4) is 11.4 Å². The van der Waals surface area contributed by atoms with Gasteiger partial charge in [-0.25, -0.2) is 8.78 Å². The number of hydrogen-bond donors (Lipinski definition) is 1. The first-order chi connectivity index (χ1) is 9.65. The fraction of sp³-hybridized carbons (Fsp3) is 0.308. The van der Waals surface area contributed by atoms with Gasteiger partial charge in [0.1, 0.15) is 11.6 Å². The van der Waals surface area contributed by atoms with Crippen LogP contribution < -0.4 is 10.6 Å². The molecule has 20 heavy (non-hydrogen) atoms. The molecular weight excluding hydrogens is 264 g/mol. The minimum absolute atomic E-state index is 0.0421. The molecule has 104 valence electrons. The molecule has 2 N–H and O–H groups in total. The van der Waals surface area contributed by atoms with Crippen molar-refractivity contribution in [1.29, 1.82) is 0 Å². The van der Waals surface area contributed by atoms with E-state index in [4.69, 9.17) is 5.73 Å². The summed E-state index contributed by atoms with van der Waals surface area (Å²) < 4.78 is 27.6. The second kappa shape index (κ2) is 4.99. The van der Waals surface area contributed by atoms with E-state index >= 15 is 0 Å². The van der Waals surface area contributed by atoms with Gasteiger partial charge in [-0.15, -0.1) is 0 Å². The third-order valence-corrected chi connectivity index (χ3v) is 3.22. The first-order valence-electron chi connectivity index (χ1n) is 6.36. The first-order valence-corrected chi connectivity index (χ1v) is 6.36. The van der Waals surface area contributed by atoms with E-state index in [0.717, 1.165) is 38.1 Å². The van der Waals surface area contributed by atoms with E-state index in [1.807, 2.05) is 4.90 Å². The van der Waals surface area contributed by atoms with E-state index < -0.39 is 11.6 Å². The number of anilines is 2. The van der Waals surface area contributed by atoms with Gasteiger partial charge in [-0.1, -0.05) is 6.07 Å². The lowest BCUT2D eigenvalue weighted by Crippen LogP contribution is -2.21. The number of nitrogen functional groups attached to an aromatic ring is 1. The van der Waals surface area contributed by atoms with Gasteiger partial charge in [0.2, 0.25) is 11.9 Å². The second-order valence-corrected chi connectivity index (χ2v) is 4.61. The van der Waals surface area contributed by atoms with E-state index in [2.05, 4.69) is 15.0 Å². The van der Waals surface area contributed by atoms with Gasteiger partial charge < -0.3 is 10.6 Å². The van der Waals surface area contributed by atoms with Gasteiger partial charge in [0, 0.05) is 13.1 Å². The highest BCUT2D eigenvalue weighted by Crippen LogP contribution is 2.25. The highest BCUT2D eigenvalue weighted by Gasteiger charge is 2.20. The minimum atomic E-state index is -0.719. The molecule has 1 saturated heterocycles. The summed E-state index contributed by atoms with van der Waals surface area (Å²) in [7, 11) is 0. The SMILES string of the molecule is Nc1nc(-c2c(F)cccc2F)nc(N2CCCC2)n1. The summed E-state index contributed by atoms with van der Waals surface area (Å²) >= 11 is 0. The van der Waals surface area contributed by atoms with Crippen LogP contribution in [0.1, 0.15) is 12.8 Å². The normalized spacial score (nSPS) is 14.8. The predicted molar refractivity (Wildman–Crippen MR) is 71.0 cm³/mol. The Balaban J connectivity index is 2.09. The lowest BCUT2D eigenvalue weighted by molar-refractivity contribution is 0.587. The maximum atomic E-state index is 13.8. The Bertz CT molecular complexity index is 620. The maximum Gasteiger partial charge on any atom is 0.230 e. The monoisotopic (exact) mass is 277 g/mol. The standard InChI is InChI=1S/C13H13F2N5/c14-8-4-3-5-9(15)10(8)11-17-12(16)19-13(18-11)20-6-1-2-7-20/h3-5H,1-2,6-7H2,(H2,16,17,18,19). The van der Waals surface area contributed by atoms with Gasteiger partial charge in [-0.3, -0.25) is 0 Å². The molecule has 1 aromatic carbocycles. The molecule has 1 aliphatic rings. The molecule has 1 aromatic heterocycles. The molecule has 0 amide bonds. The van der Waals surface area contributed by atoms with Crippen LogP contribution in [0, 0.1) is 11.6 Å². The topological polar surface area (TPSA) is 67.9 Å². The summed E-state index contributed by atoms with van der Waals surface area (Å²) in [4.78, 5) is 14.0. The molecule has 0 unspecified atom stereocenters. The van der Waals surface area contributed by atoms with Crippen LogP contribution in [0.25, 0.3) is 11.4 Å². The lowest BCUT2D eigenvalue weighted by atomic mass is 10.2. The highest BCUT2D eigenvalue weighted by atomic mass is 19.1. The van der Waals surface area contributed by atoms with E-state index in [1.165, 1.54) is 6.07 Å². The molecule has 7 heteroatoms. The molecule has 1 fully saturated rings. The molecule has 0 spiro atoms. The van der Waals surface area contributed by atoms with Crippen LogP contribution >= 0.6 is 0 Å². The Labute approximate surface area is 114 Å². The van der Waals surface area contributed by atoms with Crippen molar-refractivity contribution in [1.82, 2.24) is 15.0 Å². The summed E-state index contributed by atoms with van der Waals surface area (Å²) in [5.41, 5.74) is 5.35. The Morgan fingerprint density at radius 3 is 2.30 bits per heavy atom. The van der Waals surface area contributed by atoms with Crippen molar-refractivity contribution < 1.29 is 8.78 Å². The minimum Gasteiger partial charge on any atom is -0.368 e. The predicted octanol–water partition coefficient (Wildman–Crippen LogP) is 2.00. The number of rotatable bonds is 2. The van der Waals surface area contributed by atoms with Crippen molar-refractivity contribution in [2.24, 2.45) is 0 Å². The maximum absolute atomic E-state index is 13.8. The van der Waals surface area contributed by atoms with Crippen molar-refractivity contribution in [3.63, 3.8) is 0 Å². The number of halogens is 2. The first kappa shape index (κ1) is 12.7. The van der Waals surface area contributed by atoms with E-state index in [-0.39, 0.29) is 17.3 Å². The summed E-state index contributed by atoms with van der Waals surface area (Å²) in [5.74, 6) is -1.19. The fourth-order valence-electron chi connectivity index (χ4n) is 2.26. The fourth-order valence-corrected chi connectivity index (χ4v) is 2.26. The molecule has 5 nitrogen and oxygen atoms in total. The Hall–Kier alpha value is -2.31. The zero-order valence-electron chi connectivity index (χ0n) is 10.7. The van der Waals surface area contributed by atoms with Crippen LogP contribution in [-0.2, 0) is 0 Å². The van der Waals surface area contributed by atoms with Crippen LogP contribution in [0.4, 0.5) is 20.7 Å². The van der Waals surface area contributed by atoms with Crippen LogP contribution in [-0.4, -0.2) is 28.0 Å². The molecule has 2 heterocycles. The molecular formula is C13H13F2N5. The number of nitrogens with zero attached hydrogens (tertiary/aromatic N) is 4. The molecule has 0 aliphatic carbocycles. The average Bonchev–Trinajstić information content (AvgIpc) is 2.91. The van der Waals surface area contributed by atoms with Gasteiger partial charge in [0.05, 0.1) is 5.56 Å². The van der Waals surface area contributed by atoms with Gasteiger partial charge in [0.15, 0.2) is 5.82 Å². The van der Waals surface area contributed by atoms with Crippen molar-refractivity contribution in [3.05, 3.63) is 29.8 Å². The molecule has 2 aromatic rings. The summed E-state index contributed by atoms with van der Waals surface area (Å²) in [5, 5.41) is 0.